The van der Waals surface area contributed by atoms with Crippen molar-refractivity contribution in [2.45, 2.75) is 13.8 Å². The average molecular weight is 398 g/mol. The maximum atomic E-state index is 10.4. The number of urea groups is 1. The zero-order chi connectivity index (χ0) is 20.1. The van der Waals surface area contributed by atoms with E-state index >= 15 is 0 Å². The number of rotatable bonds is 2. The second-order valence-corrected chi connectivity index (χ2v) is 6.51. The van der Waals surface area contributed by atoms with E-state index < -0.39 is 6.03 Å². The minimum Gasteiger partial charge on any atom is -0.351 e. The molecule has 28 heavy (non-hydrogen) atoms. The number of nitrogens with zero attached hydrogens (tertiary/aromatic N) is 6. The van der Waals surface area contributed by atoms with Crippen molar-refractivity contribution in [3.63, 3.8) is 0 Å². The third-order valence-electron chi connectivity index (χ3n) is 3.93. The highest BCUT2D eigenvalue weighted by Gasteiger charge is 2.12. The highest BCUT2D eigenvalue weighted by molar-refractivity contribution is 6.30. The molecule has 4 rings (SSSR count). The molecule has 0 saturated heterocycles. The molecule has 144 valence electrons. The Balaban J connectivity index is 0.000000211. The number of carbonyl (C=O) groups is 1. The van der Waals surface area contributed by atoms with Gasteiger partial charge in [-0.1, -0.05) is 17.7 Å². The first kappa shape index (κ1) is 19.4. The van der Waals surface area contributed by atoms with Crippen molar-refractivity contribution < 1.29 is 4.79 Å². The molecule has 9 heteroatoms. The Bertz CT molecular complexity index is 1020. The number of halogens is 1. The average Bonchev–Trinajstić information content (AvgIpc) is 3.34. The van der Waals surface area contributed by atoms with Gasteiger partial charge in [-0.05, 0) is 43.7 Å². The normalized spacial score (nSPS) is 12.6. The van der Waals surface area contributed by atoms with Gasteiger partial charge < -0.3 is 5.73 Å². The zero-order valence-electron chi connectivity index (χ0n) is 15.5. The molecule has 0 bridgehead atoms. The van der Waals surface area contributed by atoms with Crippen LogP contribution in [0.15, 0.2) is 60.0 Å². The number of benzene rings is 1. The van der Waals surface area contributed by atoms with E-state index in [2.05, 4.69) is 15.2 Å². The highest BCUT2D eigenvalue weighted by atomic mass is 35.5. The Kier molecular flexibility index (Phi) is 5.90. The number of hydrogen-bond acceptors (Lipinski definition) is 4. The van der Waals surface area contributed by atoms with Crippen LogP contribution in [0.1, 0.15) is 11.3 Å². The van der Waals surface area contributed by atoms with E-state index in [9.17, 15) is 4.79 Å². The monoisotopic (exact) mass is 397 g/mol. The Morgan fingerprint density at radius 3 is 2.68 bits per heavy atom. The molecule has 0 aliphatic carbocycles. The smallest absolute Gasteiger partial charge is 0.320 e. The van der Waals surface area contributed by atoms with Crippen molar-refractivity contribution in [1.82, 2.24) is 24.5 Å². The molecule has 0 saturated carbocycles. The molecule has 2 amide bonds. The van der Waals surface area contributed by atoms with E-state index in [0.29, 0.717) is 11.6 Å². The van der Waals surface area contributed by atoms with Crippen molar-refractivity contribution in [3.05, 3.63) is 71.3 Å². The van der Waals surface area contributed by atoms with Crippen LogP contribution in [-0.4, -0.2) is 43.4 Å². The van der Waals surface area contributed by atoms with Crippen LogP contribution in [-0.2, 0) is 0 Å². The molecule has 1 aromatic carbocycles. The van der Waals surface area contributed by atoms with Gasteiger partial charge in [-0.3, -0.25) is 4.90 Å². The molecule has 0 fully saturated rings. The third-order valence-corrected chi connectivity index (χ3v) is 4.17. The molecule has 0 radical (unpaired) electrons. The van der Waals surface area contributed by atoms with Crippen LogP contribution in [0, 0.1) is 13.8 Å². The molecule has 1 aliphatic heterocycles. The summed E-state index contributed by atoms with van der Waals surface area (Å²) in [5.74, 6) is 0.896. The predicted octanol–water partition coefficient (Wildman–Crippen LogP) is 3.25. The van der Waals surface area contributed by atoms with Crippen LogP contribution >= 0.6 is 11.6 Å². The molecular weight excluding hydrogens is 378 g/mol. The Morgan fingerprint density at radius 2 is 2.07 bits per heavy atom. The summed E-state index contributed by atoms with van der Waals surface area (Å²) in [6.45, 7) is 4.53. The van der Waals surface area contributed by atoms with Crippen LogP contribution in [0.3, 0.4) is 0 Å². The van der Waals surface area contributed by atoms with E-state index in [1.54, 1.807) is 23.2 Å². The van der Waals surface area contributed by atoms with Crippen molar-refractivity contribution in [2.75, 3.05) is 6.54 Å². The Morgan fingerprint density at radius 1 is 1.25 bits per heavy atom. The van der Waals surface area contributed by atoms with Gasteiger partial charge in [-0.2, -0.15) is 10.2 Å². The number of aryl methyl sites for hydroxylation is 2. The lowest BCUT2D eigenvalue weighted by Gasteiger charge is -2.12. The van der Waals surface area contributed by atoms with Gasteiger partial charge in [-0.15, -0.1) is 0 Å². The Hall–Kier alpha value is -3.39. The van der Waals surface area contributed by atoms with E-state index in [1.165, 1.54) is 11.2 Å². The number of hydrogen-bond donors (Lipinski definition) is 1. The fourth-order valence-electron chi connectivity index (χ4n) is 2.58. The van der Waals surface area contributed by atoms with Gasteiger partial charge in [0.1, 0.15) is 0 Å². The van der Waals surface area contributed by atoms with E-state index in [0.717, 1.165) is 22.8 Å². The standard InChI is InChI=1S/C14H13ClN4.C5H7N3O/c1-10-4-5-12(15)9-13(10)19-14(8-11(2)17-19)18-7-3-6-16-18;6-5(9)8-3-1-2-7-4-8/h3-9H,1-2H3;1-2,4H,3H2,(H2,6,9). The number of amides is 2. The molecule has 8 nitrogen and oxygen atoms in total. The summed E-state index contributed by atoms with van der Waals surface area (Å²) in [5, 5.41) is 9.49. The summed E-state index contributed by atoms with van der Waals surface area (Å²) in [7, 11) is 0. The first-order valence-electron chi connectivity index (χ1n) is 8.53. The summed E-state index contributed by atoms with van der Waals surface area (Å²) >= 11 is 6.09. The number of carbonyl (C=O) groups excluding carboxylic acids is 1. The maximum Gasteiger partial charge on any atom is 0.320 e. The van der Waals surface area contributed by atoms with E-state index in [-0.39, 0.29) is 0 Å². The van der Waals surface area contributed by atoms with Crippen molar-refractivity contribution in [2.24, 2.45) is 10.7 Å². The molecule has 3 heterocycles. The van der Waals surface area contributed by atoms with Crippen LogP contribution in [0.2, 0.25) is 5.02 Å². The minimum absolute atomic E-state index is 0.469. The number of aromatic nitrogens is 4. The van der Waals surface area contributed by atoms with Gasteiger partial charge in [0.15, 0.2) is 5.82 Å². The zero-order valence-corrected chi connectivity index (χ0v) is 16.3. The van der Waals surface area contributed by atoms with Gasteiger partial charge in [0.25, 0.3) is 0 Å². The molecule has 0 unspecified atom stereocenters. The van der Waals surface area contributed by atoms with Crippen molar-refractivity contribution in [1.29, 1.82) is 0 Å². The van der Waals surface area contributed by atoms with Crippen LogP contribution in [0.4, 0.5) is 4.79 Å². The van der Waals surface area contributed by atoms with E-state index in [4.69, 9.17) is 17.3 Å². The van der Waals surface area contributed by atoms with Crippen LogP contribution in [0.25, 0.3) is 11.5 Å². The minimum atomic E-state index is -0.469. The predicted molar refractivity (Wildman–Crippen MR) is 109 cm³/mol. The second-order valence-electron chi connectivity index (χ2n) is 6.08. The van der Waals surface area contributed by atoms with Crippen molar-refractivity contribution >= 4 is 24.0 Å². The third kappa shape index (κ3) is 4.47. The first-order chi connectivity index (χ1) is 13.5. The second kappa shape index (κ2) is 8.53. The molecule has 3 aromatic rings. The molecule has 2 aromatic heterocycles. The largest absolute Gasteiger partial charge is 0.351 e. The maximum absolute atomic E-state index is 10.4. The lowest BCUT2D eigenvalue weighted by molar-refractivity contribution is 0.233. The Labute approximate surface area is 167 Å². The van der Waals surface area contributed by atoms with Gasteiger partial charge in [0.05, 0.1) is 17.7 Å². The lowest BCUT2D eigenvalue weighted by Crippen LogP contribution is -2.35. The summed E-state index contributed by atoms with van der Waals surface area (Å²) in [6, 6.07) is 9.19. The van der Waals surface area contributed by atoms with Crippen LogP contribution in [0.5, 0.6) is 0 Å². The van der Waals surface area contributed by atoms with E-state index in [1.807, 2.05) is 55.1 Å². The molecule has 2 N–H and O–H groups in total. The number of aliphatic imine (C=N–C) groups is 1. The first-order valence-corrected chi connectivity index (χ1v) is 8.91. The van der Waals surface area contributed by atoms with Gasteiger partial charge in [-0.25, -0.2) is 19.2 Å². The SMILES string of the molecule is Cc1cc(-n2cccn2)n(-c2cc(Cl)ccc2C)n1.NC(=O)N1C=NC=CC1. The fourth-order valence-corrected chi connectivity index (χ4v) is 2.74. The molecule has 0 atom stereocenters. The van der Waals surface area contributed by atoms with Gasteiger partial charge in [0, 0.05) is 36.2 Å². The molecule has 0 spiro atoms. The van der Waals surface area contributed by atoms with Gasteiger partial charge >= 0.3 is 6.03 Å². The quantitative estimate of drug-likeness (QED) is 0.719. The lowest BCUT2D eigenvalue weighted by atomic mass is 10.2. The fraction of sp³-hybridized carbons (Fsp3) is 0.158. The topological polar surface area (TPSA) is 94.3 Å². The molecule has 1 aliphatic rings. The van der Waals surface area contributed by atoms with Crippen molar-refractivity contribution in [3.8, 4) is 11.5 Å². The summed E-state index contributed by atoms with van der Waals surface area (Å²) in [5.41, 5.74) is 7.94. The summed E-state index contributed by atoms with van der Waals surface area (Å²) < 4.78 is 3.66. The number of primary amides is 1. The summed E-state index contributed by atoms with van der Waals surface area (Å²) in [4.78, 5) is 15.4. The highest BCUT2D eigenvalue weighted by Crippen LogP contribution is 2.22. The van der Waals surface area contributed by atoms with Crippen LogP contribution < -0.4 is 5.73 Å². The number of nitrogens with two attached hydrogens (primary N) is 1. The summed E-state index contributed by atoms with van der Waals surface area (Å²) in [6.07, 6.45) is 8.43. The van der Waals surface area contributed by atoms with Gasteiger partial charge in [0.2, 0.25) is 0 Å². The molecular formula is C19H20ClN7O.